The van der Waals surface area contributed by atoms with Crippen LogP contribution < -0.4 is 0 Å². The van der Waals surface area contributed by atoms with Crippen molar-refractivity contribution >= 4 is 0 Å². The molecular weight excluding hydrogens is 126 g/mol. The zero-order chi connectivity index (χ0) is 7.56. The summed E-state index contributed by atoms with van der Waals surface area (Å²) in [6, 6.07) is 0. The van der Waals surface area contributed by atoms with E-state index in [9.17, 15) is 0 Å². The first-order valence-corrected chi connectivity index (χ1v) is 3.95. The maximum Gasteiger partial charge on any atom is 0.0724 e. The third-order valence-corrected chi connectivity index (χ3v) is 2.40. The van der Waals surface area contributed by atoms with Crippen LogP contribution in [0.5, 0.6) is 0 Å². The summed E-state index contributed by atoms with van der Waals surface area (Å²) in [5.74, 6) is 0.737. The fourth-order valence-electron chi connectivity index (χ4n) is 1.50. The number of likely N-dealkylation sites (N-methyl/N-ethyl adjacent to an activating group) is 1. The van der Waals surface area contributed by atoms with E-state index in [0.717, 1.165) is 12.5 Å². The molecule has 0 bridgehead atoms. The van der Waals surface area contributed by atoms with Gasteiger partial charge in [0, 0.05) is 13.7 Å². The van der Waals surface area contributed by atoms with Crippen molar-refractivity contribution in [3.05, 3.63) is 0 Å². The van der Waals surface area contributed by atoms with Gasteiger partial charge in [0.1, 0.15) is 0 Å². The molecule has 0 N–H and O–H groups in total. The van der Waals surface area contributed by atoms with Gasteiger partial charge >= 0.3 is 0 Å². The van der Waals surface area contributed by atoms with Crippen LogP contribution >= 0.6 is 0 Å². The van der Waals surface area contributed by atoms with E-state index in [1.165, 1.54) is 13.0 Å². The third kappa shape index (κ3) is 1.70. The summed E-state index contributed by atoms with van der Waals surface area (Å²) in [6.07, 6.45) is 1.73. The Labute approximate surface area is 63.2 Å². The van der Waals surface area contributed by atoms with Gasteiger partial charge in [-0.15, -0.1) is 0 Å². The Morgan fingerprint density at radius 1 is 1.50 bits per heavy atom. The molecule has 1 saturated heterocycles. The number of hydrogen-bond donors (Lipinski definition) is 0. The maximum absolute atomic E-state index is 5.33. The van der Waals surface area contributed by atoms with Crippen molar-refractivity contribution in [1.29, 1.82) is 0 Å². The first kappa shape index (κ1) is 8.02. The fourth-order valence-corrected chi connectivity index (χ4v) is 1.50. The predicted octanol–water partition coefficient (Wildman–Crippen LogP) is 0.973. The van der Waals surface area contributed by atoms with Crippen LogP contribution in [0.1, 0.15) is 13.3 Å². The summed E-state index contributed by atoms with van der Waals surface area (Å²) in [6.45, 7) is 4.58. The smallest absolute Gasteiger partial charge is 0.0724 e. The highest BCUT2D eigenvalue weighted by Gasteiger charge is 2.23. The van der Waals surface area contributed by atoms with Crippen LogP contribution in [0.4, 0.5) is 0 Å². The summed E-state index contributed by atoms with van der Waals surface area (Å²) < 4.78 is 5.33. The number of nitrogens with zero attached hydrogens (tertiary/aromatic N) is 1. The van der Waals surface area contributed by atoms with Crippen molar-refractivity contribution < 1.29 is 4.74 Å². The topological polar surface area (TPSA) is 12.5 Å². The molecule has 1 aliphatic rings. The average Bonchev–Trinajstić information content (AvgIpc) is 1.94. The second-order valence-corrected chi connectivity index (χ2v) is 3.30. The van der Waals surface area contributed by atoms with E-state index in [-0.39, 0.29) is 0 Å². The lowest BCUT2D eigenvalue weighted by atomic mass is 9.96. The number of likely N-dealkylation sites (tertiary alicyclic amines) is 1. The summed E-state index contributed by atoms with van der Waals surface area (Å²) >= 11 is 0. The van der Waals surface area contributed by atoms with Gasteiger partial charge < -0.3 is 9.64 Å². The molecule has 1 heterocycles. The number of ether oxygens (including phenoxy) is 1. The Bertz CT molecular complexity index is 105. The van der Waals surface area contributed by atoms with E-state index in [4.69, 9.17) is 4.74 Å². The first-order valence-electron chi connectivity index (χ1n) is 3.95. The number of hydrogen-bond acceptors (Lipinski definition) is 2. The van der Waals surface area contributed by atoms with Gasteiger partial charge in [0.05, 0.1) is 6.10 Å². The highest BCUT2D eigenvalue weighted by Crippen LogP contribution is 2.17. The lowest BCUT2D eigenvalue weighted by Gasteiger charge is -2.33. The van der Waals surface area contributed by atoms with Crippen molar-refractivity contribution in [3.8, 4) is 0 Å². The minimum Gasteiger partial charge on any atom is -0.380 e. The second-order valence-electron chi connectivity index (χ2n) is 3.30. The van der Waals surface area contributed by atoms with Crippen LogP contribution in [-0.4, -0.2) is 38.3 Å². The maximum atomic E-state index is 5.33. The molecule has 2 nitrogen and oxygen atoms in total. The Balaban J connectivity index is 2.38. The Hall–Kier alpha value is -0.0800. The SMILES string of the molecule is COC1CN(C)CCC1C. The molecule has 0 aromatic carbocycles. The molecule has 0 aromatic rings. The standard InChI is InChI=1S/C8H17NO/c1-7-4-5-9(2)6-8(7)10-3/h7-8H,4-6H2,1-3H3. The average molecular weight is 143 g/mol. The molecule has 0 aromatic heterocycles. The van der Waals surface area contributed by atoms with E-state index < -0.39 is 0 Å². The first-order chi connectivity index (χ1) is 4.74. The molecular formula is C8H17NO. The predicted molar refractivity (Wildman–Crippen MR) is 42.1 cm³/mol. The number of methoxy groups -OCH3 is 1. The number of rotatable bonds is 1. The molecule has 0 radical (unpaired) electrons. The second kappa shape index (κ2) is 3.35. The molecule has 1 rings (SSSR count). The summed E-state index contributed by atoms with van der Waals surface area (Å²) in [5, 5.41) is 0. The zero-order valence-corrected chi connectivity index (χ0v) is 7.13. The van der Waals surface area contributed by atoms with E-state index in [0.29, 0.717) is 6.10 Å². The molecule has 1 aliphatic heterocycles. The fraction of sp³-hybridized carbons (Fsp3) is 1.00. The van der Waals surface area contributed by atoms with Gasteiger partial charge in [0.15, 0.2) is 0 Å². The van der Waals surface area contributed by atoms with Crippen LogP contribution in [0.2, 0.25) is 0 Å². The minimum absolute atomic E-state index is 0.457. The highest BCUT2D eigenvalue weighted by molar-refractivity contribution is 4.76. The van der Waals surface area contributed by atoms with E-state index in [1.807, 2.05) is 0 Å². The molecule has 60 valence electrons. The van der Waals surface area contributed by atoms with Crippen molar-refractivity contribution in [2.45, 2.75) is 19.4 Å². The third-order valence-electron chi connectivity index (χ3n) is 2.40. The minimum atomic E-state index is 0.457. The molecule has 2 atom stereocenters. The molecule has 1 fully saturated rings. The van der Waals surface area contributed by atoms with Crippen molar-refractivity contribution in [2.75, 3.05) is 27.2 Å². The van der Waals surface area contributed by atoms with Crippen LogP contribution in [0.25, 0.3) is 0 Å². The van der Waals surface area contributed by atoms with Gasteiger partial charge in [0.2, 0.25) is 0 Å². The van der Waals surface area contributed by atoms with Crippen LogP contribution in [0.15, 0.2) is 0 Å². The normalized spacial score (nSPS) is 36.3. The lowest BCUT2D eigenvalue weighted by molar-refractivity contribution is 0.00324. The van der Waals surface area contributed by atoms with Crippen LogP contribution in [0.3, 0.4) is 0 Å². The summed E-state index contributed by atoms with van der Waals surface area (Å²) in [4.78, 5) is 2.33. The van der Waals surface area contributed by atoms with Gasteiger partial charge in [0.25, 0.3) is 0 Å². The highest BCUT2D eigenvalue weighted by atomic mass is 16.5. The van der Waals surface area contributed by atoms with Gasteiger partial charge in [-0.05, 0) is 25.9 Å². The largest absolute Gasteiger partial charge is 0.380 e. The number of piperidine rings is 1. The molecule has 0 amide bonds. The molecule has 0 spiro atoms. The van der Waals surface area contributed by atoms with Crippen molar-refractivity contribution in [1.82, 2.24) is 4.90 Å². The monoisotopic (exact) mass is 143 g/mol. The van der Waals surface area contributed by atoms with Gasteiger partial charge in [-0.25, -0.2) is 0 Å². The Kier molecular flexibility index (Phi) is 2.69. The summed E-state index contributed by atoms with van der Waals surface area (Å²) in [5.41, 5.74) is 0. The Morgan fingerprint density at radius 2 is 2.20 bits per heavy atom. The van der Waals surface area contributed by atoms with Crippen molar-refractivity contribution in [2.24, 2.45) is 5.92 Å². The molecule has 10 heavy (non-hydrogen) atoms. The molecule has 2 unspecified atom stereocenters. The van der Waals surface area contributed by atoms with E-state index in [1.54, 1.807) is 7.11 Å². The van der Waals surface area contributed by atoms with Gasteiger partial charge in [-0.1, -0.05) is 6.92 Å². The zero-order valence-electron chi connectivity index (χ0n) is 7.13. The van der Waals surface area contributed by atoms with E-state index in [2.05, 4.69) is 18.9 Å². The van der Waals surface area contributed by atoms with Crippen LogP contribution in [0, 0.1) is 5.92 Å². The van der Waals surface area contributed by atoms with Crippen molar-refractivity contribution in [3.63, 3.8) is 0 Å². The molecule has 2 heteroatoms. The quantitative estimate of drug-likeness (QED) is 0.542. The van der Waals surface area contributed by atoms with E-state index >= 15 is 0 Å². The molecule has 0 saturated carbocycles. The van der Waals surface area contributed by atoms with Gasteiger partial charge in [-0.2, -0.15) is 0 Å². The Morgan fingerprint density at radius 3 is 2.70 bits per heavy atom. The van der Waals surface area contributed by atoms with Crippen LogP contribution in [-0.2, 0) is 4.74 Å². The lowest BCUT2D eigenvalue weighted by Crippen LogP contribution is -2.41. The van der Waals surface area contributed by atoms with Gasteiger partial charge in [-0.3, -0.25) is 0 Å². The summed E-state index contributed by atoms with van der Waals surface area (Å²) in [7, 11) is 3.96. The molecule has 0 aliphatic carbocycles.